The number of thiazole rings is 1. The number of rotatable bonds is 5. The van der Waals surface area contributed by atoms with Crippen LogP contribution in [0.2, 0.25) is 0 Å². The molecule has 1 saturated heterocycles. The fraction of sp³-hybridized carbons (Fsp3) is 0.750. The average molecular weight is 271 g/mol. The van der Waals surface area contributed by atoms with Gasteiger partial charge in [0.1, 0.15) is 5.01 Å². The van der Waals surface area contributed by atoms with Crippen molar-refractivity contribution in [1.82, 2.24) is 15.2 Å². The summed E-state index contributed by atoms with van der Waals surface area (Å²) in [5.41, 5.74) is 1.18. The van der Waals surface area contributed by atoms with Crippen LogP contribution >= 0.6 is 23.1 Å². The zero-order valence-electron chi connectivity index (χ0n) is 10.7. The molecule has 0 aromatic carbocycles. The Bertz CT molecular complexity index is 326. The number of hydrogen-bond acceptors (Lipinski definition) is 5. The monoisotopic (exact) mass is 271 g/mol. The summed E-state index contributed by atoms with van der Waals surface area (Å²) in [6.07, 6.45) is 0. The van der Waals surface area contributed by atoms with Gasteiger partial charge in [-0.25, -0.2) is 4.98 Å². The van der Waals surface area contributed by atoms with Crippen LogP contribution in [0.25, 0.3) is 0 Å². The first kappa shape index (κ1) is 13.3. The zero-order chi connectivity index (χ0) is 12.1. The Labute approximate surface area is 112 Å². The lowest BCUT2D eigenvalue weighted by Gasteiger charge is -2.25. The van der Waals surface area contributed by atoms with Gasteiger partial charge >= 0.3 is 0 Å². The number of aryl methyl sites for hydroxylation is 2. The van der Waals surface area contributed by atoms with E-state index in [4.69, 9.17) is 0 Å². The molecule has 1 aromatic rings. The van der Waals surface area contributed by atoms with Crippen LogP contribution in [0.4, 0.5) is 0 Å². The molecule has 17 heavy (non-hydrogen) atoms. The molecule has 1 aliphatic heterocycles. The highest BCUT2D eigenvalue weighted by atomic mass is 32.2. The van der Waals surface area contributed by atoms with Crippen LogP contribution in [0.15, 0.2) is 0 Å². The summed E-state index contributed by atoms with van der Waals surface area (Å²) in [6, 6.07) is 0. The van der Waals surface area contributed by atoms with E-state index in [2.05, 4.69) is 40.8 Å². The molecular formula is C12H21N3S2. The summed E-state index contributed by atoms with van der Waals surface area (Å²) in [5.74, 6) is 2.59. The standard InChI is InChI=1S/C12H21N3S2/c1-10-11(2)17-12(14-10)9-13-3-4-15-5-7-16-8-6-15/h13H,3-9H2,1-2H3. The molecule has 0 radical (unpaired) electrons. The second kappa shape index (κ2) is 6.73. The molecule has 0 bridgehead atoms. The lowest BCUT2D eigenvalue weighted by atomic mass is 10.4. The van der Waals surface area contributed by atoms with Gasteiger partial charge in [0.05, 0.1) is 5.69 Å². The first-order valence-corrected chi connectivity index (χ1v) is 8.16. The first-order chi connectivity index (χ1) is 8.25. The van der Waals surface area contributed by atoms with E-state index in [1.165, 1.54) is 46.7 Å². The smallest absolute Gasteiger partial charge is 0.107 e. The maximum atomic E-state index is 4.53. The first-order valence-electron chi connectivity index (χ1n) is 6.19. The molecule has 0 saturated carbocycles. The van der Waals surface area contributed by atoms with Crippen molar-refractivity contribution >= 4 is 23.1 Å². The summed E-state index contributed by atoms with van der Waals surface area (Å²) in [5, 5.41) is 4.71. The van der Waals surface area contributed by atoms with Crippen LogP contribution in [0.5, 0.6) is 0 Å². The molecule has 1 aromatic heterocycles. The van der Waals surface area contributed by atoms with Gasteiger partial charge in [-0.05, 0) is 13.8 Å². The molecule has 0 amide bonds. The minimum Gasteiger partial charge on any atom is -0.309 e. The molecule has 1 N–H and O–H groups in total. The Balaban J connectivity index is 1.62. The van der Waals surface area contributed by atoms with Crippen molar-refractivity contribution in [2.75, 3.05) is 37.7 Å². The average Bonchev–Trinajstić information content (AvgIpc) is 2.66. The van der Waals surface area contributed by atoms with Gasteiger partial charge in [-0.15, -0.1) is 11.3 Å². The highest BCUT2D eigenvalue weighted by Crippen LogP contribution is 2.15. The molecule has 0 aliphatic carbocycles. The normalized spacial score (nSPS) is 17.5. The number of hydrogen-bond donors (Lipinski definition) is 1. The summed E-state index contributed by atoms with van der Waals surface area (Å²) in [6.45, 7) is 9.89. The van der Waals surface area contributed by atoms with E-state index < -0.39 is 0 Å². The predicted molar refractivity (Wildman–Crippen MR) is 77.1 cm³/mol. The number of nitrogens with zero attached hydrogens (tertiary/aromatic N) is 2. The SMILES string of the molecule is Cc1nc(CNCCN2CCSCC2)sc1C. The van der Waals surface area contributed by atoms with Crippen LogP contribution in [0, 0.1) is 13.8 Å². The fourth-order valence-corrected chi connectivity index (χ4v) is 3.75. The van der Waals surface area contributed by atoms with Crippen LogP contribution < -0.4 is 5.32 Å². The van der Waals surface area contributed by atoms with Gasteiger partial charge in [-0.3, -0.25) is 0 Å². The second-order valence-electron chi connectivity index (χ2n) is 4.38. The van der Waals surface area contributed by atoms with Gasteiger partial charge in [0.2, 0.25) is 0 Å². The molecule has 1 aliphatic rings. The highest BCUT2D eigenvalue weighted by molar-refractivity contribution is 7.99. The van der Waals surface area contributed by atoms with Gasteiger partial charge < -0.3 is 10.2 Å². The third kappa shape index (κ3) is 4.25. The lowest BCUT2D eigenvalue weighted by molar-refractivity contribution is 0.301. The van der Waals surface area contributed by atoms with Crippen molar-refractivity contribution in [3.05, 3.63) is 15.6 Å². The molecule has 2 heterocycles. The van der Waals surface area contributed by atoms with E-state index in [9.17, 15) is 0 Å². The number of thioether (sulfide) groups is 1. The van der Waals surface area contributed by atoms with Crippen LogP contribution in [0.1, 0.15) is 15.6 Å². The van der Waals surface area contributed by atoms with Crippen LogP contribution in [-0.4, -0.2) is 47.6 Å². The van der Waals surface area contributed by atoms with Crippen molar-refractivity contribution in [2.45, 2.75) is 20.4 Å². The molecule has 1 fully saturated rings. The Kier molecular flexibility index (Phi) is 5.28. The van der Waals surface area contributed by atoms with Gasteiger partial charge in [-0.1, -0.05) is 0 Å². The maximum absolute atomic E-state index is 4.53. The third-order valence-corrected chi connectivity index (χ3v) is 5.07. The maximum Gasteiger partial charge on any atom is 0.107 e. The van der Waals surface area contributed by atoms with Gasteiger partial charge in [0.15, 0.2) is 0 Å². The van der Waals surface area contributed by atoms with Gasteiger partial charge in [0.25, 0.3) is 0 Å². The van der Waals surface area contributed by atoms with Crippen molar-refractivity contribution in [2.24, 2.45) is 0 Å². The summed E-state index contributed by atoms with van der Waals surface area (Å²) < 4.78 is 0. The molecule has 0 atom stereocenters. The molecule has 0 unspecified atom stereocenters. The molecule has 2 rings (SSSR count). The van der Waals surface area contributed by atoms with E-state index in [1.54, 1.807) is 0 Å². The minimum absolute atomic E-state index is 0.919. The highest BCUT2D eigenvalue weighted by Gasteiger charge is 2.09. The van der Waals surface area contributed by atoms with Crippen molar-refractivity contribution in [3.8, 4) is 0 Å². The van der Waals surface area contributed by atoms with Gasteiger partial charge in [0, 0.05) is 49.1 Å². The third-order valence-electron chi connectivity index (χ3n) is 3.06. The summed E-state index contributed by atoms with van der Waals surface area (Å²) in [4.78, 5) is 8.42. The zero-order valence-corrected chi connectivity index (χ0v) is 12.3. The Morgan fingerprint density at radius 1 is 1.29 bits per heavy atom. The Morgan fingerprint density at radius 3 is 2.71 bits per heavy atom. The topological polar surface area (TPSA) is 28.2 Å². The van der Waals surface area contributed by atoms with Gasteiger partial charge in [-0.2, -0.15) is 11.8 Å². The summed E-state index contributed by atoms with van der Waals surface area (Å²) >= 11 is 3.88. The second-order valence-corrected chi connectivity index (χ2v) is 6.89. The number of nitrogens with one attached hydrogen (secondary N) is 1. The summed E-state index contributed by atoms with van der Waals surface area (Å²) in [7, 11) is 0. The molecular weight excluding hydrogens is 250 g/mol. The van der Waals surface area contributed by atoms with Crippen molar-refractivity contribution < 1.29 is 0 Å². The molecule has 0 spiro atoms. The lowest BCUT2D eigenvalue weighted by Crippen LogP contribution is -2.37. The number of aromatic nitrogens is 1. The van der Waals surface area contributed by atoms with Crippen molar-refractivity contribution in [1.29, 1.82) is 0 Å². The minimum atomic E-state index is 0.919. The Hall–Kier alpha value is -0.100. The van der Waals surface area contributed by atoms with E-state index in [1.807, 2.05) is 11.3 Å². The quantitative estimate of drug-likeness (QED) is 0.828. The van der Waals surface area contributed by atoms with Crippen molar-refractivity contribution in [3.63, 3.8) is 0 Å². The van der Waals surface area contributed by atoms with E-state index in [-0.39, 0.29) is 0 Å². The molecule has 5 heteroatoms. The Morgan fingerprint density at radius 2 is 2.06 bits per heavy atom. The van der Waals surface area contributed by atoms with E-state index >= 15 is 0 Å². The molecule has 3 nitrogen and oxygen atoms in total. The van der Waals surface area contributed by atoms with Crippen LogP contribution in [0.3, 0.4) is 0 Å². The predicted octanol–water partition coefficient (Wildman–Crippen LogP) is 1.90. The van der Waals surface area contributed by atoms with Crippen LogP contribution in [-0.2, 0) is 6.54 Å². The largest absolute Gasteiger partial charge is 0.309 e. The molecule has 96 valence electrons. The fourth-order valence-electron chi connectivity index (χ4n) is 1.87. The van der Waals surface area contributed by atoms with E-state index in [0.29, 0.717) is 0 Å². The van der Waals surface area contributed by atoms with E-state index in [0.717, 1.165) is 13.1 Å².